The van der Waals surface area contributed by atoms with E-state index in [-0.39, 0.29) is 29.9 Å². The van der Waals surface area contributed by atoms with Gasteiger partial charge in [-0.2, -0.15) is 4.31 Å². The summed E-state index contributed by atoms with van der Waals surface area (Å²) in [5.41, 5.74) is 3.44. The zero-order chi connectivity index (χ0) is 24.6. The first-order valence-electron chi connectivity index (χ1n) is 10.7. The van der Waals surface area contributed by atoms with Crippen molar-refractivity contribution in [2.75, 3.05) is 11.4 Å². The maximum absolute atomic E-state index is 13.6. The van der Waals surface area contributed by atoms with Crippen LogP contribution in [0.3, 0.4) is 0 Å². The van der Waals surface area contributed by atoms with E-state index in [0.717, 1.165) is 21.3 Å². The maximum Gasteiger partial charge on any atom is 0.243 e. The predicted octanol–water partition coefficient (Wildman–Crippen LogP) is 6.23. The third-order valence-corrected chi connectivity index (χ3v) is 8.88. The van der Waals surface area contributed by atoms with Crippen molar-refractivity contribution in [1.82, 2.24) is 4.31 Å². The van der Waals surface area contributed by atoms with Gasteiger partial charge in [0.05, 0.1) is 21.5 Å². The number of fused-ring (bicyclic) bond motifs is 1. The second kappa shape index (κ2) is 9.99. The number of hydrogen-bond acceptors (Lipinski definition) is 3. The van der Waals surface area contributed by atoms with Gasteiger partial charge in [0.1, 0.15) is 0 Å². The van der Waals surface area contributed by atoms with Gasteiger partial charge in [0.25, 0.3) is 0 Å². The summed E-state index contributed by atoms with van der Waals surface area (Å²) in [6.45, 7) is 3.52. The van der Waals surface area contributed by atoms with Crippen LogP contribution in [-0.2, 0) is 27.8 Å². The minimum absolute atomic E-state index is 0.0196. The molecule has 34 heavy (non-hydrogen) atoms. The minimum atomic E-state index is -3.96. The number of halogens is 3. The van der Waals surface area contributed by atoms with E-state index in [9.17, 15) is 13.2 Å². The van der Waals surface area contributed by atoms with Crippen LogP contribution >= 0.6 is 39.1 Å². The molecule has 0 aromatic heterocycles. The van der Waals surface area contributed by atoms with Crippen LogP contribution in [0.5, 0.6) is 0 Å². The molecule has 0 bridgehead atoms. The number of benzene rings is 3. The number of anilines is 1. The monoisotopic (exact) mass is 580 g/mol. The van der Waals surface area contributed by atoms with Gasteiger partial charge in [0.2, 0.25) is 15.9 Å². The molecule has 1 amide bonds. The van der Waals surface area contributed by atoms with Crippen molar-refractivity contribution >= 4 is 60.7 Å². The minimum Gasteiger partial charge on any atom is -0.308 e. The van der Waals surface area contributed by atoms with Crippen LogP contribution in [0.2, 0.25) is 10.0 Å². The molecule has 3 aromatic rings. The van der Waals surface area contributed by atoms with Crippen molar-refractivity contribution in [2.24, 2.45) is 0 Å². The second-order valence-corrected chi connectivity index (χ2v) is 12.1. The van der Waals surface area contributed by atoms with Gasteiger partial charge in [-0.25, -0.2) is 8.42 Å². The number of rotatable bonds is 6. The first kappa shape index (κ1) is 25.2. The smallest absolute Gasteiger partial charge is 0.243 e. The topological polar surface area (TPSA) is 57.7 Å². The fourth-order valence-corrected chi connectivity index (χ4v) is 6.24. The zero-order valence-electron chi connectivity index (χ0n) is 18.6. The Balaban J connectivity index is 1.68. The van der Waals surface area contributed by atoms with Crippen LogP contribution in [0.4, 0.5) is 5.69 Å². The molecule has 0 unspecified atom stereocenters. The summed E-state index contributed by atoms with van der Waals surface area (Å²) >= 11 is 15.7. The van der Waals surface area contributed by atoms with Gasteiger partial charge in [-0.05, 0) is 73.9 Å². The first-order valence-corrected chi connectivity index (χ1v) is 13.7. The molecule has 1 heterocycles. The molecule has 0 radical (unpaired) electrons. The number of amides is 1. The van der Waals surface area contributed by atoms with Gasteiger partial charge >= 0.3 is 0 Å². The summed E-state index contributed by atoms with van der Waals surface area (Å²) in [5.74, 6) is -0.288. The number of hydrogen-bond donors (Lipinski definition) is 0. The molecule has 0 fully saturated rings. The molecule has 4 rings (SSSR count). The molecule has 0 N–H and O–H groups in total. The Morgan fingerprint density at radius 3 is 2.44 bits per heavy atom. The summed E-state index contributed by atoms with van der Waals surface area (Å²) in [6.07, 6.45) is 0.706. The first-order chi connectivity index (χ1) is 16.1. The molecular weight excluding hydrogens is 559 g/mol. The Morgan fingerprint density at radius 1 is 1.06 bits per heavy atom. The Morgan fingerprint density at radius 2 is 1.76 bits per heavy atom. The number of aryl methyl sites for hydroxylation is 1. The number of sulfonamides is 1. The molecule has 0 saturated carbocycles. The van der Waals surface area contributed by atoms with Crippen molar-refractivity contribution in [3.8, 4) is 0 Å². The Labute approximate surface area is 218 Å². The predicted molar refractivity (Wildman–Crippen MR) is 140 cm³/mol. The fraction of sp³-hybridized carbons (Fsp3) is 0.240. The SMILES string of the molecule is Cc1ccc(S(=O)(=O)N(CC(=O)N2c3ccc(Br)cc3C[C@@H]2C)Cc2ccc(Cl)c(Cl)c2)cc1. The normalized spacial score (nSPS) is 15.6. The highest BCUT2D eigenvalue weighted by Gasteiger charge is 2.34. The summed E-state index contributed by atoms with van der Waals surface area (Å²) in [4.78, 5) is 15.3. The molecule has 3 aromatic carbocycles. The van der Waals surface area contributed by atoms with E-state index in [1.165, 1.54) is 4.31 Å². The van der Waals surface area contributed by atoms with Gasteiger partial charge in [-0.15, -0.1) is 0 Å². The molecule has 1 atom stereocenters. The lowest BCUT2D eigenvalue weighted by molar-refractivity contribution is -0.119. The fourth-order valence-electron chi connectivity index (χ4n) is 4.13. The Kier molecular flexibility index (Phi) is 7.41. The van der Waals surface area contributed by atoms with Gasteiger partial charge in [-0.1, -0.05) is 62.9 Å². The molecule has 5 nitrogen and oxygen atoms in total. The maximum atomic E-state index is 13.6. The Bertz CT molecular complexity index is 1350. The molecule has 9 heteroatoms. The highest BCUT2D eigenvalue weighted by molar-refractivity contribution is 9.10. The molecule has 1 aliphatic heterocycles. The van der Waals surface area contributed by atoms with Crippen LogP contribution in [0.15, 0.2) is 70.0 Å². The lowest BCUT2D eigenvalue weighted by Gasteiger charge is -2.28. The van der Waals surface area contributed by atoms with E-state index >= 15 is 0 Å². The third kappa shape index (κ3) is 5.19. The number of carbonyl (C=O) groups excluding carboxylic acids is 1. The third-order valence-electron chi connectivity index (χ3n) is 5.84. The Hall–Kier alpha value is -1.90. The lowest BCUT2D eigenvalue weighted by Crippen LogP contribution is -2.44. The number of carbonyl (C=O) groups is 1. The van der Waals surface area contributed by atoms with E-state index in [1.807, 2.05) is 32.0 Å². The van der Waals surface area contributed by atoms with Gasteiger partial charge in [-0.3, -0.25) is 4.79 Å². The number of nitrogens with zero attached hydrogens (tertiary/aromatic N) is 2. The average molecular weight is 582 g/mol. The summed E-state index contributed by atoms with van der Waals surface area (Å²) in [7, 11) is -3.96. The second-order valence-electron chi connectivity index (χ2n) is 8.42. The standard InChI is InChI=1S/C25H23BrCl2N2O3S/c1-16-3-7-21(8-4-16)34(32,33)29(14-18-5-9-22(27)23(28)12-18)15-25(31)30-17(2)11-19-13-20(26)6-10-24(19)30/h3-10,12-13,17H,11,14-15H2,1-2H3/t17-/m0/s1. The summed E-state index contributed by atoms with van der Waals surface area (Å²) in [6, 6.07) is 17.2. The molecule has 0 aliphatic carbocycles. The summed E-state index contributed by atoms with van der Waals surface area (Å²) in [5, 5.41) is 0.703. The lowest BCUT2D eigenvalue weighted by atomic mass is 10.1. The highest BCUT2D eigenvalue weighted by atomic mass is 79.9. The van der Waals surface area contributed by atoms with Crippen molar-refractivity contribution < 1.29 is 13.2 Å². The van der Waals surface area contributed by atoms with E-state index in [1.54, 1.807) is 47.4 Å². The van der Waals surface area contributed by atoms with Gasteiger partial charge in [0, 0.05) is 22.7 Å². The van der Waals surface area contributed by atoms with Gasteiger partial charge in [0.15, 0.2) is 0 Å². The van der Waals surface area contributed by atoms with Crippen LogP contribution in [0.25, 0.3) is 0 Å². The van der Waals surface area contributed by atoms with Crippen LogP contribution in [0, 0.1) is 6.92 Å². The molecule has 178 valence electrons. The van der Waals surface area contributed by atoms with Gasteiger partial charge < -0.3 is 4.90 Å². The molecule has 0 spiro atoms. The molecule has 1 aliphatic rings. The van der Waals surface area contributed by atoms with Crippen molar-refractivity contribution in [2.45, 2.75) is 37.8 Å². The van der Waals surface area contributed by atoms with E-state index in [4.69, 9.17) is 23.2 Å². The van der Waals surface area contributed by atoms with Crippen LogP contribution < -0.4 is 4.90 Å². The van der Waals surface area contributed by atoms with Crippen molar-refractivity contribution in [3.05, 3.63) is 91.9 Å². The molecular formula is C25H23BrCl2N2O3S. The van der Waals surface area contributed by atoms with E-state index < -0.39 is 10.0 Å². The zero-order valence-corrected chi connectivity index (χ0v) is 22.5. The van der Waals surface area contributed by atoms with Crippen LogP contribution in [-0.4, -0.2) is 31.2 Å². The largest absolute Gasteiger partial charge is 0.308 e. The quantitative estimate of drug-likeness (QED) is 0.346. The average Bonchev–Trinajstić information content (AvgIpc) is 3.10. The van der Waals surface area contributed by atoms with E-state index in [2.05, 4.69) is 15.9 Å². The van der Waals surface area contributed by atoms with Crippen molar-refractivity contribution in [1.29, 1.82) is 0 Å². The molecule has 0 saturated heterocycles. The van der Waals surface area contributed by atoms with E-state index in [0.29, 0.717) is 22.0 Å². The summed E-state index contributed by atoms with van der Waals surface area (Å²) < 4.78 is 29.4. The van der Waals surface area contributed by atoms with Crippen molar-refractivity contribution in [3.63, 3.8) is 0 Å². The van der Waals surface area contributed by atoms with Crippen LogP contribution in [0.1, 0.15) is 23.6 Å². The highest BCUT2D eigenvalue weighted by Crippen LogP contribution is 2.35.